The predicted octanol–water partition coefficient (Wildman–Crippen LogP) is -0.173. The van der Waals surface area contributed by atoms with E-state index in [0.29, 0.717) is 36.7 Å². The molecule has 4 heterocycles. The first-order valence-corrected chi connectivity index (χ1v) is 5.60. The maximum absolute atomic E-state index is 4.79. The van der Waals surface area contributed by atoms with E-state index in [1.807, 2.05) is 0 Å². The van der Waals surface area contributed by atoms with Gasteiger partial charge in [0, 0.05) is 12.1 Å². The summed E-state index contributed by atoms with van der Waals surface area (Å²) in [4.78, 5) is 17.3. The van der Waals surface area contributed by atoms with E-state index in [1.165, 1.54) is 0 Å². The van der Waals surface area contributed by atoms with Crippen LogP contribution < -0.4 is 11.0 Å². The summed E-state index contributed by atoms with van der Waals surface area (Å²) in [5.74, 6) is 2.38. The van der Waals surface area contributed by atoms with Crippen LogP contribution in [0.15, 0.2) is 43.6 Å². The zero-order valence-electron chi connectivity index (χ0n) is 10.1. The van der Waals surface area contributed by atoms with Gasteiger partial charge in [-0.25, -0.2) is 20.9 Å². The highest BCUT2D eigenvalue weighted by molar-refractivity contribution is 5.96. The summed E-state index contributed by atoms with van der Waals surface area (Å²) in [6.45, 7) is 0.659. The molecule has 0 saturated heterocycles. The standard InChI is InChI=1S/2C5H5N3O2/c2*1-2-7-10-4(1)5-6-3-9-8-5/h2*1-2H,3H2,(H,6,8). The predicted molar refractivity (Wildman–Crippen MR) is 64.3 cm³/mol. The van der Waals surface area contributed by atoms with Crippen LogP contribution in [-0.4, -0.2) is 35.4 Å². The average Bonchev–Trinajstić information content (AvgIpc) is 3.29. The van der Waals surface area contributed by atoms with Gasteiger partial charge >= 0.3 is 0 Å². The lowest BCUT2D eigenvalue weighted by atomic mass is 10.4. The van der Waals surface area contributed by atoms with Crippen LogP contribution in [0, 0.1) is 0 Å². The normalized spacial score (nSPS) is 16.6. The summed E-state index contributed by atoms with van der Waals surface area (Å²) < 4.78 is 9.59. The van der Waals surface area contributed by atoms with E-state index in [0.717, 1.165) is 0 Å². The lowest BCUT2D eigenvalue weighted by Crippen LogP contribution is -2.16. The molecule has 2 aliphatic rings. The van der Waals surface area contributed by atoms with Gasteiger partial charge in [0.05, 0.1) is 12.4 Å². The van der Waals surface area contributed by atoms with E-state index in [-0.39, 0.29) is 0 Å². The Labute approximate surface area is 112 Å². The fourth-order valence-corrected chi connectivity index (χ4v) is 1.39. The molecule has 20 heavy (non-hydrogen) atoms. The highest BCUT2D eigenvalue weighted by Crippen LogP contribution is 2.01. The summed E-state index contributed by atoms with van der Waals surface area (Å²) in [7, 11) is 0. The Morgan fingerprint density at radius 2 is 1.30 bits per heavy atom. The van der Waals surface area contributed by atoms with E-state index in [9.17, 15) is 0 Å². The van der Waals surface area contributed by atoms with E-state index in [4.69, 9.17) is 18.7 Å². The maximum atomic E-state index is 4.79. The first-order chi connectivity index (χ1) is 9.93. The number of hydrogen-bond donors (Lipinski definition) is 2. The van der Waals surface area contributed by atoms with Crippen LogP contribution in [0.5, 0.6) is 0 Å². The monoisotopic (exact) mass is 278 g/mol. The molecule has 2 aromatic heterocycles. The van der Waals surface area contributed by atoms with Gasteiger partial charge in [0.2, 0.25) is 11.5 Å². The van der Waals surface area contributed by atoms with Crippen LogP contribution in [0.2, 0.25) is 0 Å². The van der Waals surface area contributed by atoms with Crippen molar-refractivity contribution in [3.8, 4) is 0 Å². The quantitative estimate of drug-likeness (QED) is 0.776. The van der Waals surface area contributed by atoms with E-state index >= 15 is 0 Å². The third-order valence-corrected chi connectivity index (χ3v) is 2.25. The summed E-state index contributed by atoms with van der Waals surface area (Å²) in [5, 5.41) is 7.03. The smallest absolute Gasteiger partial charge is 0.203 e. The molecule has 0 aromatic carbocycles. The van der Waals surface area contributed by atoms with Gasteiger partial charge in [-0.1, -0.05) is 10.3 Å². The molecule has 10 heteroatoms. The Hall–Kier alpha value is -2.72. The van der Waals surface area contributed by atoms with E-state index in [2.05, 4.69) is 31.3 Å². The van der Waals surface area contributed by atoms with Crippen molar-refractivity contribution < 1.29 is 18.7 Å². The van der Waals surface area contributed by atoms with E-state index in [1.54, 1.807) is 24.5 Å². The summed E-state index contributed by atoms with van der Waals surface area (Å²) in [5.41, 5.74) is 5.15. The number of hydroxylamine groups is 2. The molecular formula is C10H10N6O4. The minimum atomic E-state index is 0.329. The van der Waals surface area contributed by atoms with Gasteiger partial charge in [-0.15, -0.1) is 0 Å². The summed E-state index contributed by atoms with van der Waals surface area (Å²) >= 11 is 0. The molecule has 2 aromatic rings. The molecule has 2 N–H and O–H groups in total. The van der Waals surface area contributed by atoms with Crippen molar-refractivity contribution in [3.63, 3.8) is 0 Å². The lowest BCUT2D eigenvalue weighted by molar-refractivity contribution is 0.114. The van der Waals surface area contributed by atoms with Crippen molar-refractivity contribution in [2.45, 2.75) is 0 Å². The van der Waals surface area contributed by atoms with Gasteiger partial charge in [-0.05, 0) is 0 Å². The third-order valence-electron chi connectivity index (χ3n) is 2.25. The molecule has 0 saturated carbocycles. The zero-order valence-corrected chi connectivity index (χ0v) is 10.1. The topological polar surface area (TPSA) is 119 Å². The molecule has 10 nitrogen and oxygen atoms in total. The van der Waals surface area contributed by atoms with Crippen LogP contribution in [0.1, 0.15) is 11.5 Å². The van der Waals surface area contributed by atoms with Gasteiger partial charge in [-0.3, -0.25) is 9.68 Å². The fourth-order valence-electron chi connectivity index (χ4n) is 1.39. The maximum Gasteiger partial charge on any atom is 0.203 e. The number of rotatable bonds is 2. The number of aromatic nitrogens is 2. The molecule has 4 rings (SSSR count). The molecule has 0 spiro atoms. The Morgan fingerprint density at radius 3 is 1.60 bits per heavy atom. The second-order valence-electron chi connectivity index (χ2n) is 3.52. The first-order valence-electron chi connectivity index (χ1n) is 5.60. The second kappa shape index (κ2) is 5.95. The number of amidine groups is 2. The lowest BCUT2D eigenvalue weighted by Gasteiger charge is -1.91. The van der Waals surface area contributed by atoms with Crippen LogP contribution in [-0.2, 0) is 9.68 Å². The van der Waals surface area contributed by atoms with Gasteiger partial charge in [0.1, 0.15) is 0 Å². The van der Waals surface area contributed by atoms with Gasteiger partial charge in [0.25, 0.3) is 0 Å². The number of aliphatic imine (C=N–C) groups is 2. The van der Waals surface area contributed by atoms with Gasteiger partial charge in [0.15, 0.2) is 25.1 Å². The molecule has 0 atom stereocenters. The molecule has 0 amide bonds. The highest BCUT2D eigenvalue weighted by Gasteiger charge is 2.11. The van der Waals surface area contributed by atoms with Crippen LogP contribution in [0.4, 0.5) is 0 Å². The van der Waals surface area contributed by atoms with Crippen LogP contribution >= 0.6 is 0 Å². The Kier molecular flexibility index (Phi) is 3.66. The molecule has 0 radical (unpaired) electrons. The Balaban J connectivity index is 0.000000121. The van der Waals surface area contributed by atoms with Crippen molar-refractivity contribution in [1.82, 2.24) is 21.3 Å². The highest BCUT2D eigenvalue weighted by atomic mass is 16.7. The molecule has 0 fully saturated rings. The number of nitrogens with one attached hydrogen (secondary N) is 2. The first kappa shape index (κ1) is 12.3. The van der Waals surface area contributed by atoms with Crippen LogP contribution in [0.3, 0.4) is 0 Å². The molecule has 2 aliphatic heterocycles. The van der Waals surface area contributed by atoms with Crippen molar-refractivity contribution in [2.24, 2.45) is 9.98 Å². The molecular weight excluding hydrogens is 268 g/mol. The molecule has 104 valence electrons. The van der Waals surface area contributed by atoms with Crippen molar-refractivity contribution in [1.29, 1.82) is 0 Å². The largest absolute Gasteiger partial charge is 0.353 e. The second-order valence-corrected chi connectivity index (χ2v) is 3.52. The minimum absolute atomic E-state index is 0.329. The van der Waals surface area contributed by atoms with Gasteiger partial charge in [-0.2, -0.15) is 0 Å². The molecule has 0 aliphatic carbocycles. The Morgan fingerprint density at radius 1 is 0.800 bits per heavy atom. The van der Waals surface area contributed by atoms with Crippen LogP contribution in [0.25, 0.3) is 0 Å². The fraction of sp³-hybridized carbons (Fsp3) is 0.200. The average molecular weight is 278 g/mol. The molecule has 0 bridgehead atoms. The SMILES string of the molecule is c1cc(C2=NCON2)on1.c1cc(C2=NCON2)on1. The Bertz CT molecular complexity index is 537. The summed E-state index contributed by atoms with van der Waals surface area (Å²) in [6, 6.07) is 3.42. The summed E-state index contributed by atoms with van der Waals surface area (Å²) in [6.07, 6.45) is 3.11. The zero-order chi connectivity index (χ0) is 13.6. The van der Waals surface area contributed by atoms with E-state index < -0.39 is 0 Å². The third kappa shape index (κ3) is 2.81. The minimum Gasteiger partial charge on any atom is -0.353 e. The number of hydrogen-bond acceptors (Lipinski definition) is 10. The van der Waals surface area contributed by atoms with Crippen molar-refractivity contribution in [3.05, 3.63) is 36.0 Å². The van der Waals surface area contributed by atoms with Crippen molar-refractivity contribution >= 4 is 11.7 Å². The number of nitrogens with zero attached hydrogens (tertiary/aromatic N) is 4. The van der Waals surface area contributed by atoms with Gasteiger partial charge < -0.3 is 9.05 Å². The molecule has 0 unspecified atom stereocenters. The van der Waals surface area contributed by atoms with Crippen molar-refractivity contribution in [2.75, 3.05) is 13.5 Å².